The minimum atomic E-state index is 0.00535. The molecule has 0 unspecified atom stereocenters. The molecule has 1 saturated heterocycles. The first-order valence-corrected chi connectivity index (χ1v) is 10.1. The molecule has 0 atom stereocenters. The van der Waals surface area contributed by atoms with Crippen LogP contribution in [0.25, 0.3) is 11.3 Å². The van der Waals surface area contributed by atoms with Crippen LogP contribution in [0.4, 0.5) is 5.82 Å². The number of methoxy groups -OCH3 is 1. The standard InChI is InChI=1S/C21H26ClN5O2/c1-3-18(28)26-7-6-21(12-26)9-13(10-21)27-20(24)16(11-23)19(25-27)15-5-4-14(29-2)8-17(15)22/h3-5,8,13H,1,6-7,9-12,23-24H2,2H3. The molecule has 2 aromatic rings. The normalized spacial score (nSPS) is 23.3. The second-order valence-electron chi connectivity index (χ2n) is 7.98. The van der Waals surface area contributed by atoms with Gasteiger partial charge in [0.1, 0.15) is 17.3 Å². The van der Waals surface area contributed by atoms with Crippen LogP contribution in [-0.4, -0.2) is 40.8 Å². The maximum atomic E-state index is 11.9. The number of benzene rings is 1. The molecule has 1 saturated carbocycles. The number of halogens is 1. The molecule has 1 aromatic heterocycles. The zero-order valence-electron chi connectivity index (χ0n) is 16.5. The van der Waals surface area contributed by atoms with Crippen molar-refractivity contribution in [3.05, 3.63) is 41.4 Å². The summed E-state index contributed by atoms with van der Waals surface area (Å²) in [6, 6.07) is 5.68. The Labute approximate surface area is 175 Å². The topological polar surface area (TPSA) is 99.4 Å². The summed E-state index contributed by atoms with van der Waals surface area (Å²) in [6.45, 7) is 5.43. The molecule has 8 heteroatoms. The number of hydrogen-bond donors (Lipinski definition) is 2. The van der Waals surface area contributed by atoms with Crippen LogP contribution in [0.1, 0.15) is 30.9 Å². The fourth-order valence-corrected chi connectivity index (χ4v) is 4.95. The summed E-state index contributed by atoms with van der Waals surface area (Å²) in [6.07, 6.45) is 4.28. The van der Waals surface area contributed by atoms with E-state index in [-0.39, 0.29) is 23.9 Å². The minimum absolute atomic E-state index is 0.00535. The number of carbonyl (C=O) groups is 1. The van der Waals surface area contributed by atoms with Crippen LogP contribution in [0.2, 0.25) is 5.02 Å². The summed E-state index contributed by atoms with van der Waals surface area (Å²) < 4.78 is 7.12. The average Bonchev–Trinajstić information content (AvgIpc) is 3.28. The summed E-state index contributed by atoms with van der Waals surface area (Å²) >= 11 is 6.46. The van der Waals surface area contributed by atoms with Gasteiger partial charge in [-0.05, 0) is 49.0 Å². The molecule has 1 aliphatic heterocycles. The fraction of sp³-hybridized carbons (Fsp3) is 0.429. The van der Waals surface area contributed by atoms with Gasteiger partial charge in [0, 0.05) is 30.8 Å². The number of amides is 1. The lowest BCUT2D eigenvalue weighted by Crippen LogP contribution is -2.42. The first-order valence-electron chi connectivity index (χ1n) is 9.73. The van der Waals surface area contributed by atoms with E-state index in [4.69, 9.17) is 32.9 Å². The lowest BCUT2D eigenvalue weighted by atomic mass is 9.65. The van der Waals surface area contributed by atoms with Gasteiger partial charge in [-0.2, -0.15) is 5.10 Å². The van der Waals surface area contributed by atoms with Crippen molar-refractivity contribution in [1.82, 2.24) is 14.7 Å². The monoisotopic (exact) mass is 415 g/mol. The van der Waals surface area contributed by atoms with E-state index in [2.05, 4.69) is 6.58 Å². The van der Waals surface area contributed by atoms with Crippen LogP contribution in [0.15, 0.2) is 30.9 Å². The molecule has 1 aromatic carbocycles. The number of hydrogen-bond acceptors (Lipinski definition) is 5. The van der Waals surface area contributed by atoms with Crippen molar-refractivity contribution < 1.29 is 9.53 Å². The van der Waals surface area contributed by atoms with Crippen molar-refractivity contribution >= 4 is 23.3 Å². The molecule has 154 valence electrons. The molecule has 1 spiro atoms. The SMILES string of the molecule is C=CC(=O)N1CCC2(CC(n3nc(-c4ccc(OC)cc4Cl)c(CN)c3N)C2)C1. The number of likely N-dealkylation sites (tertiary alicyclic amines) is 1. The molecule has 1 amide bonds. The predicted molar refractivity (Wildman–Crippen MR) is 114 cm³/mol. The Bertz CT molecular complexity index is 964. The molecule has 2 heterocycles. The summed E-state index contributed by atoms with van der Waals surface area (Å²) in [5, 5.41) is 5.35. The highest BCUT2D eigenvalue weighted by molar-refractivity contribution is 6.33. The molecule has 7 nitrogen and oxygen atoms in total. The summed E-state index contributed by atoms with van der Waals surface area (Å²) in [5.41, 5.74) is 14.9. The largest absolute Gasteiger partial charge is 0.497 e. The number of aromatic nitrogens is 2. The summed E-state index contributed by atoms with van der Waals surface area (Å²) in [5.74, 6) is 1.28. The van der Waals surface area contributed by atoms with Crippen LogP contribution in [0, 0.1) is 5.41 Å². The van der Waals surface area contributed by atoms with Gasteiger partial charge in [-0.3, -0.25) is 4.79 Å². The van der Waals surface area contributed by atoms with Crippen molar-refractivity contribution in [1.29, 1.82) is 0 Å². The van der Waals surface area contributed by atoms with Gasteiger partial charge >= 0.3 is 0 Å². The van der Waals surface area contributed by atoms with Crippen molar-refractivity contribution in [3.63, 3.8) is 0 Å². The third-order valence-electron chi connectivity index (χ3n) is 6.29. The molecule has 0 radical (unpaired) electrons. The second-order valence-corrected chi connectivity index (χ2v) is 8.39. The number of nitrogens with two attached hydrogens (primary N) is 2. The van der Waals surface area contributed by atoms with E-state index in [0.29, 0.717) is 22.3 Å². The van der Waals surface area contributed by atoms with Gasteiger partial charge in [-0.25, -0.2) is 4.68 Å². The van der Waals surface area contributed by atoms with Gasteiger partial charge in [-0.1, -0.05) is 18.2 Å². The predicted octanol–water partition coefficient (Wildman–Crippen LogP) is 2.99. The highest BCUT2D eigenvalue weighted by Crippen LogP contribution is 2.54. The smallest absolute Gasteiger partial charge is 0.245 e. The third kappa shape index (κ3) is 3.28. The molecule has 1 aliphatic carbocycles. The maximum absolute atomic E-state index is 11.9. The highest BCUT2D eigenvalue weighted by Gasteiger charge is 2.50. The van der Waals surface area contributed by atoms with Crippen molar-refractivity contribution in [3.8, 4) is 17.0 Å². The number of anilines is 1. The molecule has 29 heavy (non-hydrogen) atoms. The van der Waals surface area contributed by atoms with Crippen LogP contribution >= 0.6 is 11.6 Å². The van der Waals surface area contributed by atoms with Gasteiger partial charge < -0.3 is 21.1 Å². The number of nitrogens with zero attached hydrogens (tertiary/aromatic N) is 3. The highest BCUT2D eigenvalue weighted by atomic mass is 35.5. The van der Waals surface area contributed by atoms with Gasteiger partial charge in [0.15, 0.2) is 0 Å². The second kappa shape index (κ2) is 7.39. The van der Waals surface area contributed by atoms with E-state index in [0.717, 1.165) is 43.5 Å². The zero-order chi connectivity index (χ0) is 20.8. The lowest BCUT2D eigenvalue weighted by molar-refractivity contribution is -0.125. The van der Waals surface area contributed by atoms with Gasteiger partial charge in [-0.15, -0.1) is 0 Å². The summed E-state index contributed by atoms with van der Waals surface area (Å²) in [4.78, 5) is 13.8. The zero-order valence-corrected chi connectivity index (χ0v) is 17.3. The Morgan fingerprint density at radius 1 is 1.48 bits per heavy atom. The Morgan fingerprint density at radius 3 is 2.86 bits per heavy atom. The lowest BCUT2D eigenvalue weighted by Gasteiger charge is -2.45. The molecular formula is C21H26ClN5O2. The average molecular weight is 416 g/mol. The van der Waals surface area contributed by atoms with Crippen LogP contribution in [-0.2, 0) is 11.3 Å². The van der Waals surface area contributed by atoms with Crippen molar-refractivity contribution in [2.45, 2.75) is 31.8 Å². The van der Waals surface area contributed by atoms with Crippen molar-refractivity contribution in [2.24, 2.45) is 11.1 Å². The van der Waals surface area contributed by atoms with Gasteiger partial charge in [0.2, 0.25) is 5.91 Å². The molecule has 0 bridgehead atoms. The van der Waals surface area contributed by atoms with Crippen LogP contribution in [0.3, 0.4) is 0 Å². The molecule has 2 fully saturated rings. The van der Waals surface area contributed by atoms with E-state index in [1.165, 1.54) is 6.08 Å². The Balaban J connectivity index is 1.58. The third-order valence-corrected chi connectivity index (χ3v) is 6.61. The van der Waals surface area contributed by atoms with E-state index in [9.17, 15) is 4.79 Å². The Hall–Kier alpha value is -2.51. The van der Waals surface area contributed by atoms with E-state index in [1.54, 1.807) is 13.2 Å². The maximum Gasteiger partial charge on any atom is 0.245 e. The first kappa shape index (κ1) is 19.8. The quantitative estimate of drug-likeness (QED) is 0.731. The fourth-order valence-electron chi connectivity index (χ4n) is 4.69. The van der Waals surface area contributed by atoms with E-state index >= 15 is 0 Å². The molecular weight excluding hydrogens is 390 g/mol. The minimum Gasteiger partial charge on any atom is -0.497 e. The number of carbonyl (C=O) groups excluding carboxylic acids is 1. The van der Waals surface area contributed by atoms with Gasteiger partial charge in [0.05, 0.1) is 18.2 Å². The molecule has 4 N–H and O–H groups in total. The number of ether oxygens (including phenoxy) is 1. The Morgan fingerprint density at radius 2 is 2.24 bits per heavy atom. The molecule has 2 aliphatic rings. The van der Waals surface area contributed by atoms with E-state index < -0.39 is 0 Å². The Kier molecular flexibility index (Phi) is 5.04. The van der Waals surface area contributed by atoms with Gasteiger partial charge in [0.25, 0.3) is 0 Å². The number of nitrogen functional groups attached to an aromatic ring is 1. The molecule has 4 rings (SSSR count). The van der Waals surface area contributed by atoms with E-state index in [1.807, 2.05) is 21.7 Å². The summed E-state index contributed by atoms with van der Waals surface area (Å²) in [7, 11) is 1.60. The first-order chi connectivity index (χ1) is 13.9. The van der Waals surface area contributed by atoms with Crippen molar-refractivity contribution in [2.75, 3.05) is 25.9 Å². The van der Waals surface area contributed by atoms with Crippen LogP contribution < -0.4 is 16.2 Å². The van der Waals surface area contributed by atoms with Crippen LogP contribution in [0.5, 0.6) is 5.75 Å². The number of rotatable bonds is 5.